The highest BCUT2D eigenvalue weighted by Crippen LogP contribution is 2.45. The van der Waals surface area contributed by atoms with Gasteiger partial charge in [-0.2, -0.15) is 21.6 Å². The van der Waals surface area contributed by atoms with E-state index >= 15 is 0 Å². The Balaban J connectivity index is 1.38. The van der Waals surface area contributed by atoms with Crippen LogP contribution >= 0.6 is 0 Å². The molecule has 0 aliphatic heterocycles. The van der Waals surface area contributed by atoms with Crippen molar-refractivity contribution in [3.8, 4) is 5.75 Å². The average molecular weight is 515 g/mol. The molecule has 8 heteroatoms. The normalized spacial score (nSPS) is 26.1. The minimum absolute atomic E-state index is 0.0390. The first-order valence-corrected chi connectivity index (χ1v) is 14.2. The van der Waals surface area contributed by atoms with Crippen LogP contribution in [0.3, 0.4) is 0 Å². The zero-order valence-corrected chi connectivity index (χ0v) is 20.9. The second-order valence-corrected chi connectivity index (χ2v) is 11.9. The summed E-state index contributed by atoms with van der Waals surface area (Å²) < 4.78 is 79.1. The molecule has 0 bridgehead atoms. The molecule has 2 aromatic rings. The molecule has 35 heavy (non-hydrogen) atoms. The third-order valence-corrected chi connectivity index (χ3v) is 9.16. The molecule has 0 saturated heterocycles. The Hall–Kier alpha value is -1.83. The van der Waals surface area contributed by atoms with Crippen molar-refractivity contribution in [2.75, 3.05) is 0 Å². The van der Waals surface area contributed by atoms with Crippen LogP contribution in [0.5, 0.6) is 5.75 Å². The minimum atomic E-state index is -5.93. The van der Waals surface area contributed by atoms with Gasteiger partial charge in [-0.15, -0.1) is 0 Å². The van der Waals surface area contributed by atoms with Crippen molar-refractivity contribution in [1.82, 2.24) is 0 Å². The van der Waals surface area contributed by atoms with Gasteiger partial charge in [0.2, 0.25) is 0 Å². The van der Waals surface area contributed by atoms with Crippen molar-refractivity contribution in [3.63, 3.8) is 0 Å². The van der Waals surface area contributed by atoms with Gasteiger partial charge in [0.05, 0.1) is 0 Å². The summed E-state index contributed by atoms with van der Waals surface area (Å²) in [6, 6.07) is 7.53. The number of alkyl halides is 3. The summed E-state index contributed by atoms with van der Waals surface area (Å²) >= 11 is 0. The minimum Gasteiger partial charge on any atom is -0.373 e. The van der Waals surface area contributed by atoms with E-state index in [0.717, 1.165) is 42.2 Å². The molecule has 2 aliphatic rings. The van der Waals surface area contributed by atoms with Crippen molar-refractivity contribution < 1.29 is 30.2 Å². The molecule has 0 spiro atoms. The predicted octanol–water partition coefficient (Wildman–Crippen LogP) is 8.48. The van der Waals surface area contributed by atoms with Crippen LogP contribution in [0.15, 0.2) is 30.3 Å². The van der Waals surface area contributed by atoms with Gasteiger partial charge in [0.1, 0.15) is 0 Å². The topological polar surface area (TPSA) is 43.4 Å². The average Bonchev–Trinajstić information content (AvgIpc) is 2.84. The van der Waals surface area contributed by atoms with Crippen LogP contribution in [0.2, 0.25) is 0 Å². The molecule has 4 rings (SSSR count). The maximum absolute atomic E-state index is 14.8. The van der Waals surface area contributed by atoms with Crippen molar-refractivity contribution in [1.29, 1.82) is 0 Å². The number of unbranched alkanes of at least 4 members (excludes halogenated alkanes) is 1. The summed E-state index contributed by atoms with van der Waals surface area (Å²) in [6.07, 6.45) is 14.0. The van der Waals surface area contributed by atoms with Gasteiger partial charge in [0, 0.05) is 5.39 Å². The largest absolute Gasteiger partial charge is 0.534 e. The van der Waals surface area contributed by atoms with Gasteiger partial charge in [0.15, 0.2) is 11.6 Å². The highest BCUT2D eigenvalue weighted by molar-refractivity contribution is 7.88. The Morgan fingerprint density at radius 1 is 0.914 bits per heavy atom. The third-order valence-electron chi connectivity index (χ3n) is 8.19. The third kappa shape index (κ3) is 5.95. The lowest BCUT2D eigenvalue weighted by atomic mass is 9.68. The summed E-state index contributed by atoms with van der Waals surface area (Å²) in [5.41, 5.74) is -4.53. The SMILES string of the molecule is CCCCC1CCC(C2CCC(c3ccc4c(F)c(OS(=O)(=O)C(F)(F)F)ccc4c3)CC2)CC1. The fourth-order valence-electron chi connectivity index (χ4n) is 6.14. The van der Waals surface area contributed by atoms with Gasteiger partial charge >= 0.3 is 15.6 Å². The van der Waals surface area contributed by atoms with Crippen LogP contribution in [-0.4, -0.2) is 13.9 Å². The first-order chi connectivity index (χ1) is 16.6. The Morgan fingerprint density at radius 3 is 2.14 bits per heavy atom. The van der Waals surface area contributed by atoms with Crippen LogP contribution in [0.25, 0.3) is 10.8 Å². The summed E-state index contributed by atoms with van der Waals surface area (Å²) in [5, 5.41) is 0.557. The number of hydrogen-bond donors (Lipinski definition) is 0. The maximum Gasteiger partial charge on any atom is 0.534 e. The number of benzene rings is 2. The quantitative estimate of drug-likeness (QED) is 0.211. The molecule has 2 saturated carbocycles. The van der Waals surface area contributed by atoms with Gasteiger partial charge < -0.3 is 4.18 Å². The first-order valence-electron chi connectivity index (χ1n) is 12.8. The van der Waals surface area contributed by atoms with Crippen molar-refractivity contribution in [3.05, 3.63) is 41.7 Å². The van der Waals surface area contributed by atoms with Crippen molar-refractivity contribution in [2.45, 2.75) is 89.0 Å². The second kappa shape index (κ2) is 10.7. The van der Waals surface area contributed by atoms with Gasteiger partial charge in [-0.1, -0.05) is 63.3 Å². The van der Waals surface area contributed by atoms with E-state index in [1.165, 1.54) is 69.9 Å². The predicted molar refractivity (Wildman–Crippen MR) is 129 cm³/mol. The van der Waals surface area contributed by atoms with Crippen LogP contribution < -0.4 is 4.18 Å². The van der Waals surface area contributed by atoms with E-state index in [1.54, 1.807) is 6.07 Å². The van der Waals surface area contributed by atoms with E-state index in [1.807, 2.05) is 6.07 Å². The van der Waals surface area contributed by atoms with Crippen LogP contribution in [0.4, 0.5) is 17.6 Å². The zero-order valence-electron chi connectivity index (χ0n) is 20.1. The van der Waals surface area contributed by atoms with Crippen LogP contribution in [-0.2, 0) is 10.1 Å². The Morgan fingerprint density at radius 2 is 1.54 bits per heavy atom. The number of hydrogen-bond acceptors (Lipinski definition) is 3. The molecular weight excluding hydrogens is 480 g/mol. The lowest BCUT2D eigenvalue weighted by Crippen LogP contribution is -2.28. The number of fused-ring (bicyclic) bond motifs is 1. The van der Waals surface area contributed by atoms with Gasteiger partial charge in [0.25, 0.3) is 0 Å². The molecule has 0 aromatic heterocycles. The number of rotatable bonds is 7. The highest BCUT2D eigenvalue weighted by atomic mass is 32.2. The molecule has 0 atom stereocenters. The van der Waals surface area contributed by atoms with E-state index in [0.29, 0.717) is 11.3 Å². The zero-order chi connectivity index (χ0) is 25.2. The van der Waals surface area contributed by atoms with Gasteiger partial charge in [-0.25, -0.2) is 4.39 Å². The molecule has 2 aliphatic carbocycles. The molecule has 0 amide bonds. The highest BCUT2D eigenvalue weighted by Gasteiger charge is 2.49. The summed E-state index contributed by atoms with van der Waals surface area (Å²) in [7, 11) is -5.93. The summed E-state index contributed by atoms with van der Waals surface area (Å²) in [4.78, 5) is 0. The van der Waals surface area contributed by atoms with Gasteiger partial charge in [-0.3, -0.25) is 0 Å². The molecule has 0 radical (unpaired) electrons. The molecule has 0 N–H and O–H groups in total. The molecule has 2 fully saturated rings. The maximum atomic E-state index is 14.8. The molecule has 3 nitrogen and oxygen atoms in total. The summed E-state index contributed by atoms with van der Waals surface area (Å²) in [6.45, 7) is 2.26. The molecule has 0 unspecified atom stereocenters. The second-order valence-electron chi connectivity index (χ2n) is 10.4. The molecule has 0 heterocycles. The molecular formula is C27H34F4O3S. The Kier molecular flexibility index (Phi) is 7.99. The Labute approximate surface area is 205 Å². The van der Waals surface area contributed by atoms with Crippen LogP contribution in [0, 0.1) is 23.6 Å². The van der Waals surface area contributed by atoms with Gasteiger partial charge in [-0.05, 0) is 79.2 Å². The monoisotopic (exact) mass is 514 g/mol. The van der Waals surface area contributed by atoms with Crippen molar-refractivity contribution in [2.24, 2.45) is 17.8 Å². The fourth-order valence-corrected chi connectivity index (χ4v) is 6.60. The van der Waals surface area contributed by atoms with E-state index in [2.05, 4.69) is 11.1 Å². The first kappa shape index (κ1) is 26.2. The smallest absolute Gasteiger partial charge is 0.373 e. The van der Waals surface area contributed by atoms with Crippen molar-refractivity contribution >= 4 is 20.9 Å². The molecule has 194 valence electrons. The lowest BCUT2D eigenvalue weighted by Gasteiger charge is -2.38. The van der Waals surface area contributed by atoms with E-state index in [9.17, 15) is 26.0 Å². The van der Waals surface area contributed by atoms with Crippen LogP contribution in [0.1, 0.15) is 89.0 Å². The fraction of sp³-hybridized carbons (Fsp3) is 0.630. The summed E-state index contributed by atoms with van der Waals surface area (Å²) in [5.74, 6) is 0.853. The van der Waals surface area contributed by atoms with E-state index < -0.39 is 27.2 Å². The Bertz CT molecular complexity index is 1110. The molecule has 2 aromatic carbocycles. The van der Waals surface area contributed by atoms with E-state index in [-0.39, 0.29) is 5.39 Å². The lowest BCUT2D eigenvalue weighted by molar-refractivity contribution is -0.0500. The standard InChI is InChI=1S/C27H34F4O3S/c1-2-3-4-18-5-7-19(8-6-18)20-9-11-21(12-10-20)22-13-15-24-23(17-22)14-16-25(26(24)28)34-35(32,33)27(29,30)31/h13-21H,2-12H2,1H3. The number of halogens is 4. The van der Waals surface area contributed by atoms with E-state index in [4.69, 9.17) is 0 Å².